The number of carbonyl (C=O) groups excluding carboxylic acids is 1. The summed E-state index contributed by atoms with van der Waals surface area (Å²) in [6.07, 6.45) is 3.45. The second kappa shape index (κ2) is 5.84. The Morgan fingerprint density at radius 3 is 2.70 bits per heavy atom. The van der Waals surface area contributed by atoms with Crippen molar-refractivity contribution in [3.8, 4) is 0 Å². The highest BCUT2D eigenvalue weighted by atomic mass is 19.1. The summed E-state index contributed by atoms with van der Waals surface area (Å²) in [4.78, 5) is 12.1. The fourth-order valence-corrected chi connectivity index (χ4v) is 2.14. The van der Waals surface area contributed by atoms with Crippen LogP contribution in [0, 0.1) is 5.82 Å². The SMILES string of the molecule is CC1=CC(C)=C(C(=O)/C=C/c2ccccc2F)C(O)N1. The third-order valence-corrected chi connectivity index (χ3v) is 3.08. The Balaban J connectivity index is 2.25. The smallest absolute Gasteiger partial charge is 0.186 e. The maximum absolute atomic E-state index is 13.4. The average molecular weight is 273 g/mol. The predicted molar refractivity (Wildman–Crippen MR) is 76.0 cm³/mol. The number of ketones is 1. The molecule has 2 rings (SSSR count). The van der Waals surface area contributed by atoms with Gasteiger partial charge in [0.25, 0.3) is 0 Å². The van der Waals surface area contributed by atoms with Crippen molar-refractivity contribution < 1.29 is 14.3 Å². The largest absolute Gasteiger partial charge is 0.369 e. The van der Waals surface area contributed by atoms with Crippen LogP contribution in [0.2, 0.25) is 0 Å². The highest BCUT2D eigenvalue weighted by molar-refractivity contribution is 6.07. The molecule has 1 aliphatic rings. The minimum atomic E-state index is -1.03. The van der Waals surface area contributed by atoms with Crippen LogP contribution in [0.15, 0.2) is 53.3 Å². The van der Waals surface area contributed by atoms with Gasteiger partial charge in [0.1, 0.15) is 5.82 Å². The minimum absolute atomic E-state index is 0.281. The van der Waals surface area contributed by atoms with Gasteiger partial charge in [-0.2, -0.15) is 0 Å². The van der Waals surface area contributed by atoms with E-state index in [0.717, 1.165) is 5.70 Å². The van der Waals surface area contributed by atoms with E-state index in [1.165, 1.54) is 18.2 Å². The van der Waals surface area contributed by atoms with E-state index >= 15 is 0 Å². The maximum Gasteiger partial charge on any atom is 0.186 e. The number of dihydropyridines is 1. The zero-order chi connectivity index (χ0) is 14.7. The van der Waals surface area contributed by atoms with E-state index in [0.29, 0.717) is 11.1 Å². The Hall–Kier alpha value is -2.20. The number of aliphatic hydroxyl groups is 1. The molecule has 1 aromatic rings. The third-order valence-electron chi connectivity index (χ3n) is 3.08. The summed E-state index contributed by atoms with van der Waals surface area (Å²) in [6, 6.07) is 6.20. The molecule has 0 aliphatic carbocycles. The van der Waals surface area contributed by atoms with E-state index in [-0.39, 0.29) is 17.2 Å². The summed E-state index contributed by atoms with van der Waals surface area (Å²) >= 11 is 0. The molecule has 4 heteroatoms. The zero-order valence-electron chi connectivity index (χ0n) is 11.4. The summed E-state index contributed by atoms with van der Waals surface area (Å²) < 4.78 is 13.4. The van der Waals surface area contributed by atoms with E-state index in [1.54, 1.807) is 31.2 Å². The molecule has 0 saturated heterocycles. The van der Waals surface area contributed by atoms with Crippen LogP contribution in [-0.2, 0) is 4.79 Å². The Morgan fingerprint density at radius 2 is 2.05 bits per heavy atom. The number of rotatable bonds is 3. The van der Waals surface area contributed by atoms with Crippen LogP contribution in [-0.4, -0.2) is 17.1 Å². The van der Waals surface area contributed by atoms with Crippen molar-refractivity contribution >= 4 is 11.9 Å². The molecule has 20 heavy (non-hydrogen) atoms. The lowest BCUT2D eigenvalue weighted by Crippen LogP contribution is -2.35. The number of benzene rings is 1. The molecule has 0 amide bonds. The van der Waals surface area contributed by atoms with E-state index in [1.807, 2.05) is 6.92 Å². The van der Waals surface area contributed by atoms with Gasteiger partial charge in [0.15, 0.2) is 12.0 Å². The van der Waals surface area contributed by atoms with Crippen molar-refractivity contribution in [2.75, 3.05) is 0 Å². The molecule has 1 aromatic carbocycles. The quantitative estimate of drug-likeness (QED) is 0.832. The molecule has 0 bridgehead atoms. The first kappa shape index (κ1) is 14.2. The van der Waals surface area contributed by atoms with Gasteiger partial charge in [-0.25, -0.2) is 4.39 Å². The molecule has 1 heterocycles. The standard InChI is InChI=1S/C16H16FNO2/c1-10-9-11(2)18-16(20)15(10)14(19)8-7-12-5-3-4-6-13(12)17/h3-9,16,18,20H,1-2H3/b8-7+. The number of hydrogen-bond acceptors (Lipinski definition) is 3. The maximum atomic E-state index is 13.4. The van der Waals surface area contributed by atoms with E-state index in [9.17, 15) is 14.3 Å². The van der Waals surface area contributed by atoms with Crippen LogP contribution in [0.5, 0.6) is 0 Å². The van der Waals surface area contributed by atoms with E-state index in [2.05, 4.69) is 5.32 Å². The zero-order valence-corrected chi connectivity index (χ0v) is 11.4. The van der Waals surface area contributed by atoms with Crippen molar-refractivity contribution in [1.29, 1.82) is 0 Å². The Labute approximate surface area is 117 Å². The van der Waals surface area contributed by atoms with E-state index in [4.69, 9.17) is 0 Å². The highest BCUT2D eigenvalue weighted by Gasteiger charge is 2.22. The topological polar surface area (TPSA) is 49.3 Å². The van der Waals surface area contributed by atoms with Gasteiger partial charge in [0.2, 0.25) is 0 Å². The molecule has 0 fully saturated rings. The van der Waals surface area contributed by atoms with Crippen LogP contribution in [0.1, 0.15) is 19.4 Å². The van der Waals surface area contributed by atoms with Crippen molar-refractivity contribution in [1.82, 2.24) is 5.32 Å². The molecule has 1 atom stereocenters. The average Bonchev–Trinajstić information content (AvgIpc) is 2.36. The number of aliphatic hydroxyl groups excluding tert-OH is 1. The van der Waals surface area contributed by atoms with Gasteiger partial charge in [-0.1, -0.05) is 18.2 Å². The summed E-state index contributed by atoms with van der Waals surface area (Å²) in [5.74, 6) is -0.727. The first-order chi connectivity index (χ1) is 9.49. The molecule has 0 saturated carbocycles. The Morgan fingerprint density at radius 1 is 1.35 bits per heavy atom. The second-order valence-corrected chi connectivity index (χ2v) is 4.69. The lowest BCUT2D eigenvalue weighted by atomic mass is 9.98. The molecule has 3 nitrogen and oxygen atoms in total. The fraction of sp³-hybridized carbons (Fsp3) is 0.188. The minimum Gasteiger partial charge on any atom is -0.369 e. The van der Waals surface area contributed by atoms with Crippen LogP contribution in [0.4, 0.5) is 4.39 Å². The van der Waals surface area contributed by atoms with E-state index < -0.39 is 6.23 Å². The fourth-order valence-electron chi connectivity index (χ4n) is 2.14. The van der Waals surface area contributed by atoms with Crippen molar-refractivity contribution in [3.05, 3.63) is 64.6 Å². The summed E-state index contributed by atoms with van der Waals surface area (Å²) in [7, 11) is 0. The van der Waals surface area contributed by atoms with Gasteiger partial charge in [-0.15, -0.1) is 0 Å². The Kier molecular flexibility index (Phi) is 4.15. The molecule has 104 valence electrons. The molecule has 0 aromatic heterocycles. The van der Waals surface area contributed by atoms with Gasteiger partial charge in [-0.05, 0) is 43.7 Å². The second-order valence-electron chi connectivity index (χ2n) is 4.69. The molecule has 0 spiro atoms. The molecular weight excluding hydrogens is 257 g/mol. The van der Waals surface area contributed by atoms with Crippen LogP contribution >= 0.6 is 0 Å². The van der Waals surface area contributed by atoms with Crippen molar-refractivity contribution in [2.45, 2.75) is 20.1 Å². The van der Waals surface area contributed by atoms with Gasteiger partial charge < -0.3 is 10.4 Å². The number of allylic oxidation sites excluding steroid dienone is 4. The van der Waals surface area contributed by atoms with Crippen molar-refractivity contribution in [3.63, 3.8) is 0 Å². The number of carbonyl (C=O) groups is 1. The van der Waals surface area contributed by atoms with Gasteiger partial charge in [0.05, 0.1) is 5.57 Å². The van der Waals surface area contributed by atoms with Crippen LogP contribution in [0.25, 0.3) is 6.08 Å². The lowest BCUT2D eigenvalue weighted by Gasteiger charge is -2.22. The number of hydrogen-bond donors (Lipinski definition) is 2. The van der Waals surface area contributed by atoms with Crippen LogP contribution in [0.3, 0.4) is 0 Å². The molecule has 0 radical (unpaired) electrons. The third kappa shape index (κ3) is 3.03. The first-order valence-corrected chi connectivity index (χ1v) is 6.29. The molecule has 2 N–H and O–H groups in total. The monoisotopic (exact) mass is 273 g/mol. The summed E-state index contributed by atoms with van der Waals surface area (Å²) in [5, 5.41) is 12.7. The number of nitrogens with one attached hydrogen (secondary N) is 1. The lowest BCUT2D eigenvalue weighted by molar-refractivity contribution is -0.112. The molecular formula is C16H16FNO2. The normalized spacial score (nSPS) is 19.0. The number of halogens is 1. The molecule has 1 unspecified atom stereocenters. The summed E-state index contributed by atoms with van der Waals surface area (Å²) in [6.45, 7) is 3.57. The van der Waals surface area contributed by atoms with Gasteiger partial charge >= 0.3 is 0 Å². The van der Waals surface area contributed by atoms with Crippen molar-refractivity contribution in [2.24, 2.45) is 0 Å². The predicted octanol–water partition coefficient (Wildman–Crippen LogP) is 2.55. The first-order valence-electron chi connectivity index (χ1n) is 6.29. The Bertz CT molecular complexity index is 629. The van der Waals surface area contributed by atoms with Gasteiger partial charge in [0, 0.05) is 11.3 Å². The summed E-state index contributed by atoms with van der Waals surface area (Å²) in [5.41, 5.74) is 2.12. The van der Waals surface area contributed by atoms with Crippen LogP contribution < -0.4 is 5.32 Å². The highest BCUT2D eigenvalue weighted by Crippen LogP contribution is 2.19. The molecule has 1 aliphatic heterocycles. The van der Waals surface area contributed by atoms with Gasteiger partial charge in [-0.3, -0.25) is 4.79 Å².